The molecule has 2 heterocycles. The summed E-state index contributed by atoms with van der Waals surface area (Å²) in [6.07, 6.45) is 6.72. The summed E-state index contributed by atoms with van der Waals surface area (Å²) in [5.41, 5.74) is 1.06. The summed E-state index contributed by atoms with van der Waals surface area (Å²) in [7, 11) is 1.38. The fourth-order valence-corrected chi connectivity index (χ4v) is 2.67. The molecule has 5 nitrogen and oxygen atoms in total. The summed E-state index contributed by atoms with van der Waals surface area (Å²) in [5.74, 6) is 1.06. The second-order valence-corrected chi connectivity index (χ2v) is 4.65. The van der Waals surface area contributed by atoms with Crippen LogP contribution in [0, 0.1) is 0 Å². The predicted molar refractivity (Wildman–Crippen MR) is 65.5 cm³/mol. The maximum atomic E-state index is 11.7. The Balaban J connectivity index is 2.11. The first kappa shape index (κ1) is 11.2. The van der Waals surface area contributed by atoms with E-state index in [1.54, 1.807) is 6.07 Å². The molecular formula is C13H15N3O2. The van der Waals surface area contributed by atoms with Crippen LogP contribution in [-0.2, 0) is 4.74 Å². The first-order valence-corrected chi connectivity index (χ1v) is 6.23. The molecule has 0 saturated heterocycles. The summed E-state index contributed by atoms with van der Waals surface area (Å²) in [6, 6.07) is 3.55. The van der Waals surface area contributed by atoms with Gasteiger partial charge < -0.3 is 4.74 Å². The molecule has 1 saturated carbocycles. The maximum absolute atomic E-state index is 11.7. The monoisotopic (exact) mass is 245 g/mol. The highest BCUT2D eigenvalue weighted by Gasteiger charge is 2.23. The molecule has 2 aromatic heterocycles. The van der Waals surface area contributed by atoms with Crippen molar-refractivity contribution in [2.75, 3.05) is 7.11 Å². The zero-order valence-corrected chi connectivity index (χ0v) is 10.3. The van der Waals surface area contributed by atoms with Gasteiger partial charge in [0.25, 0.3) is 0 Å². The van der Waals surface area contributed by atoms with Gasteiger partial charge in [-0.2, -0.15) is 0 Å². The summed E-state index contributed by atoms with van der Waals surface area (Å²) in [6.45, 7) is 0. The summed E-state index contributed by atoms with van der Waals surface area (Å²) >= 11 is 0. The van der Waals surface area contributed by atoms with E-state index in [9.17, 15) is 4.79 Å². The van der Waals surface area contributed by atoms with Gasteiger partial charge in [0.05, 0.1) is 7.11 Å². The zero-order chi connectivity index (χ0) is 12.5. The third-order valence-corrected chi connectivity index (χ3v) is 3.59. The Hall–Kier alpha value is -1.91. The van der Waals surface area contributed by atoms with Gasteiger partial charge >= 0.3 is 5.97 Å². The first-order valence-electron chi connectivity index (χ1n) is 6.23. The van der Waals surface area contributed by atoms with Crippen molar-refractivity contribution < 1.29 is 9.53 Å². The number of esters is 1. The van der Waals surface area contributed by atoms with Gasteiger partial charge in [-0.1, -0.05) is 12.8 Å². The SMILES string of the molecule is COC(=O)c1cccn2c(C3CCCC3)nnc12. The lowest BCUT2D eigenvalue weighted by Crippen LogP contribution is -2.05. The summed E-state index contributed by atoms with van der Waals surface area (Å²) < 4.78 is 6.68. The fourth-order valence-electron chi connectivity index (χ4n) is 2.67. The highest BCUT2D eigenvalue weighted by Crippen LogP contribution is 2.33. The Morgan fingerprint density at radius 3 is 2.89 bits per heavy atom. The second-order valence-electron chi connectivity index (χ2n) is 4.65. The minimum atomic E-state index is -0.369. The number of carbonyl (C=O) groups is 1. The van der Waals surface area contributed by atoms with Crippen LogP contribution in [0.5, 0.6) is 0 Å². The predicted octanol–water partition coefficient (Wildman–Crippen LogP) is 2.17. The molecule has 0 aromatic carbocycles. The van der Waals surface area contributed by atoms with E-state index in [0.29, 0.717) is 17.1 Å². The van der Waals surface area contributed by atoms with Crippen molar-refractivity contribution in [3.8, 4) is 0 Å². The number of methoxy groups -OCH3 is 1. The van der Waals surface area contributed by atoms with E-state index in [0.717, 1.165) is 18.7 Å². The normalized spacial score (nSPS) is 16.3. The van der Waals surface area contributed by atoms with Gasteiger partial charge in [-0.15, -0.1) is 10.2 Å². The van der Waals surface area contributed by atoms with Gasteiger partial charge in [-0.05, 0) is 25.0 Å². The van der Waals surface area contributed by atoms with Crippen LogP contribution in [0.25, 0.3) is 5.65 Å². The standard InChI is InChI=1S/C13H15N3O2/c1-18-13(17)10-7-4-8-16-11(14-15-12(10)16)9-5-2-3-6-9/h4,7-9H,2-3,5-6H2,1H3. The quantitative estimate of drug-likeness (QED) is 0.761. The smallest absolute Gasteiger partial charge is 0.341 e. The lowest BCUT2D eigenvalue weighted by atomic mass is 10.1. The number of hydrogen-bond donors (Lipinski definition) is 0. The van der Waals surface area contributed by atoms with Crippen LogP contribution >= 0.6 is 0 Å². The van der Waals surface area contributed by atoms with Crippen molar-refractivity contribution in [3.63, 3.8) is 0 Å². The Kier molecular flexibility index (Phi) is 2.74. The van der Waals surface area contributed by atoms with Crippen molar-refractivity contribution in [3.05, 3.63) is 29.7 Å². The average Bonchev–Trinajstić information content (AvgIpc) is 3.05. The number of ether oxygens (including phenoxy) is 1. The van der Waals surface area contributed by atoms with Gasteiger partial charge in [0.15, 0.2) is 5.65 Å². The van der Waals surface area contributed by atoms with Crippen LogP contribution in [0.15, 0.2) is 18.3 Å². The minimum Gasteiger partial charge on any atom is -0.465 e. The molecule has 0 radical (unpaired) electrons. The number of carbonyl (C=O) groups excluding carboxylic acids is 1. The third kappa shape index (κ3) is 1.66. The molecule has 0 unspecified atom stereocenters. The molecule has 0 N–H and O–H groups in total. The van der Waals surface area contributed by atoms with Crippen LogP contribution in [0.2, 0.25) is 0 Å². The van der Waals surface area contributed by atoms with E-state index in [2.05, 4.69) is 10.2 Å². The van der Waals surface area contributed by atoms with Crippen molar-refractivity contribution in [1.82, 2.24) is 14.6 Å². The molecule has 0 spiro atoms. The van der Waals surface area contributed by atoms with Crippen molar-refractivity contribution in [2.45, 2.75) is 31.6 Å². The molecule has 0 aliphatic heterocycles. The average molecular weight is 245 g/mol. The highest BCUT2D eigenvalue weighted by atomic mass is 16.5. The highest BCUT2D eigenvalue weighted by molar-refractivity contribution is 5.95. The fraction of sp³-hybridized carbons (Fsp3) is 0.462. The molecule has 94 valence electrons. The minimum absolute atomic E-state index is 0.369. The lowest BCUT2D eigenvalue weighted by Gasteiger charge is -2.07. The number of hydrogen-bond acceptors (Lipinski definition) is 4. The number of fused-ring (bicyclic) bond motifs is 1. The van der Waals surface area contributed by atoms with Crippen LogP contribution in [0.3, 0.4) is 0 Å². The van der Waals surface area contributed by atoms with Crippen LogP contribution in [-0.4, -0.2) is 27.7 Å². The van der Waals surface area contributed by atoms with Gasteiger partial charge in [-0.25, -0.2) is 4.79 Å². The molecule has 0 bridgehead atoms. The molecule has 2 aromatic rings. The second kappa shape index (κ2) is 4.40. The van der Waals surface area contributed by atoms with Gasteiger partial charge in [0.2, 0.25) is 0 Å². The zero-order valence-electron chi connectivity index (χ0n) is 10.3. The van der Waals surface area contributed by atoms with E-state index in [1.807, 2.05) is 16.7 Å². The molecule has 1 aliphatic carbocycles. The van der Waals surface area contributed by atoms with E-state index >= 15 is 0 Å². The Labute approximate surface area is 105 Å². The molecular weight excluding hydrogens is 230 g/mol. The topological polar surface area (TPSA) is 56.5 Å². The van der Waals surface area contributed by atoms with Crippen molar-refractivity contribution in [1.29, 1.82) is 0 Å². The molecule has 1 fully saturated rings. The van der Waals surface area contributed by atoms with Crippen LogP contribution in [0.4, 0.5) is 0 Å². The van der Waals surface area contributed by atoms with Gasteiger partial charge in [0.1, 0.15) is 11.4 Å². The molecule has 0 amide bonds. The molecule has 18 heavy (non-hydrogen) atoms. The number of nitrogens with zero attached hydrogens (tertiary/aromatic N) is 3. The number of rotatable bonds is 2. The Bertz CT molecular complexity index is 585. The van der Waals surface area contributed by atoms with E-state index in [4.69, 9.17) is 4.74 Å². The molecule has 5 heteroatoms. The number of aromatic nitrogens is 3. The first-order chi connectivity index (χ1) is 8.81. The van der Waals surface area contributed by atoms with Crippen LogP contribution in [0.1, 0.15) is 47.8 Å². The molecule has 0 atom stereocenters. The lowest BCUT2D eigenvalue weighted by molar-refractivity contribution is 0.0602. The maximum Gasteiger partial charge on any atom is 0.341 e. The van der Waals surface area contributed by atoms with Gasteiger partial charge in [-0.3, -0.25) is 4.40 Å². The Morgan fingerprint density at radius 2 is 2.17 bits per heavy atom. The van der Waals surface area contributed by atoms with E-state index in [-0.39, 0.29) is 5.97 Å². The third-order valence-electron chi connectivity index (χ3n) is 3.59. The van der Waals surface area contributed by atoms with Crippen molar-refractivity contribution >= 4 is 11.6 Å². The largest absolute Gasteiger partial charge is 0.465 e. The molecule has 3 rings (SSSR count). The summed E-state index contributed by atoms with van der Waals surface area (Å²) in [5, 5.41) is 8.40. The number of pyridine rings is 1. The summed E-state index contributed by atoms with van der Waals surface area (Å²) in [4.78, 5) is 11.7. The van der Waals surface area contributed by atoms with Crippen molar-refractivity contribution in [2.24, 2.45) is 0 Å². The van der Waals surface area contributed by atoms with Gasteiger partial charge in [0, 0.05) is 12.1 Å². The Morgan fingerprint density at radius 1 is 1.39 bits per heavy atom. The van der Waals surface area contributed by atoms with Crippen LogP contribution < -0.4 is 0 Å². The molecule has 1 aliphatic rings. The van der Waals surface area contributed by atoms with E-state index < -0.39 is 0 Å². The van der Waals surface area contributed by atoms with E-state index in [1.165, 1.54) is 20.0 Å².